The molecule has 0 saturated carbocycles. The first kappa shape index (κ1) is 24.9. The molecule has 0 radical (unpaired) electrons. The third-order valence-electron chi connectivity index (χ3n) is 6.66. The largest absolute Gasteiger partial charge is 0.372 e. The molecule has 35 heavy (non-hydrogen) atoms. The summed E-state index contributed by atoms with van der Waals surface area (Å²) in [6.07, 6.45) is -0.741. The number of hydrogen-bond acceptors (Lipinski definition) is 4. The van der Waals surface area contributed by atoms with Crippen molar-refractivity contribution in [2.75, 3.05) is 24.5 Å². The fourth-order valence-electron chi connectivity index (χ4n) is 4.72. The first-order chi connectivity index (χ1) is 16.8. The summed E-state index contributed by atoms with van der Waals surface area (Å²) in [7, 11) is -3.84. The van der Waals surface area contributed by atoms with Gasteiger partial charge in [-0.3, -0.25) is 4.79 Å². The van der Waals surface area contributed by atoms with Gasteiger partial charge >= 0.3 is 0 Å². The predicted octanol–water partition coefficient (Wildman–Crippen LogP) is 5.08. The van der Waals surface area contributed by atoms with Gasteiger partial charge in [-0.05, 0) is 69.7 Å². The van der Waals surface area contributed by atoms with E-state index in [1.54, 1.807) is 41.3 Å². The monoisotopic (exact) mass is 491 g/mol. The van der Waals surface area contributed by atoms with Gasteiger partial charge in [-0.2, -0.15) is 4.31 Å². The highest BCUT2D eigenvalue weighted by atomic mass is 32.2. The number of nitrogens with zero attached hydrogens (tertiary/aromatic N) is 3. The second kappa shape index (κ2) is 10.2. The third-order valence-corrected chi connectivity index (χ3v) is 8.49. The van der Waals surface area contributed by atoms with Crippen LogP contribution < -0.4 is 4.90 Å². The van der Waals surface area contributed by atoms with Crippen molar-refractivity contribution < 1.29 is 13.2 Å². The molecule has 0 aromatic heterocycles. The van der Waals surface area contributed by atoms with E-state index in [-0.39, 0.29) is 23.4 Å². The number of amides is 1. The number of anilines is 1. The Kier molecular flexibility index (Phi) is 7.28. The third kappa shape index (κ3) is 4.83. The molecule has 1 saturated heterocycles. The van der Waals surface area contributed by atoms with Crippen LogP contribution in [-0.2, 0) is 10.0 Å². The molecule has 7 heteroatoms. The fourth-order valence-corrected chi connectivity index (χ4v) is 6.37. The van der Waals surface area contributed by atoms with Gasteiger partial charge in [0.25, 0.3) is 5.91 Å². The number of hydrogen-bond donors (Lipinski definition) is 0. The molecule has 4 rings (SSSR count). The van der Waals surface area contributed by atoms with Crippen molar-refractivity contribution in [3.63, 3.8) is 0 Å². The van der Waals surface area contributed by atoms with Crippen molar-refractivity contribution in [2.45, 2.75) is 44.8 Å². The van der Waals surface area contributed by atoms with Crippen LogP contribution in [0, 0.1) is 6.92 Å². The highest BCUT2D eigenvalue weighted by Gasteiger charge is 2.47. The van der Waals surface area contributed by atoms with Crippen LogP contribution in [-0.4, -0.2) is 49.2 Å². The van der Waals surface area contributed by atoms with Gasteiger partial charge in [0.2, 0.25) is 10.0 Å². The second-order valence-corrected chi connectivity index (χ2v) is 10.8. The minimum atomic E-state index is -3.84. The number of carbonyl (C=O) groups excluding carboxylic acids is 1. The predicted molar refractivity (Wildman–Crippen MR) is 140 cm³/mol. The van der Waals surface area contributed by atoms with Crippen LogP contribution in [0.5, 0.6) is 0 Å². The lowest BCUT2D eigenvalue weighted by molar-refractivity contribution is 0.0640. The van der Waals surface area contributed by atoms with E-state index in [4.69, 9.17) is 0 Å². The van der Waals surface area contributed by atoms with E-state index in [2.05, 4.69) is 18.7 Å². The van der Waals surface area contributed by atoms with E-state index in [1.165, 1.54) is 4.31 Å². The first-order valence-electron chi connectivity index (χ1n) is 12.1. The maximum Gasteiger partial charge on any atom is 0.255 e. The van der Waals surface area contributed by atoms with Crippen LogP contribution in [0.15, 0.2) is 83.8 Å². The quantitative estimate of drug-likeness (QED) is 0.463. The van der Waals surface area contributed by atoms with E-state index >= 15 is 0 Å². The molecule has 184 valence electrons. The van der Waals surface area contributed by atoms with Crippen molar-refractivity contribution >= 4 is 21.6 Å². The lowest BCUT2D eigenvalue weighted by atomic mass is 10.1. The Morgan fingerprint density at radius 2 is 1.51 bits per heavy atom. The minimum absolute atomic E-state index is 0.183. The number of carbonyl (C=O) groups is 1. The second-order valence-electron chi connectivity index (χ2n) is 8.95. The van der Waals surface area contributed by atoms with Gasteiger partial charge in [0, 0.05) is 36.9 Å². The Hall–Kier alpha value is -3.16. The highest BCUT2D eigenvalue weighted by Crippen LogP contribution is 2.39. The summed E-state index contributed by atoms with van der Waals surface area (Å²) in [5.74, 6) is -0.183. The topological polar surface area (TPSA) is 60.9 Å². The molecule has 1 heterocycles. The molecule has 1 aliphatic heterocycles. The smallest absolute Gasteiger partial charge is 0.255 e. The van der Waals surface area contributed by atoms with E-state index in [0.29, 0.717) is 5.56 Å². The van der Waals surface area contributed by atoms with Crippen LogP contribution in [0.2, 0.25) is 0 Å². The summed E-state index contributed by atoms with van der Waals surface area (Å²) in [5, 5.41) is 0. The Balaban J connectivity index is 1.80. The summed E-state index contributed by atoms with van der Waals surface area (Å²) in [4.78, 5) is 17.8. The summed E-state index contributed by atoms with van der Waals surface area (Å²) >= 11 is 0. The Bertz CT molecular complexity index is 1260. The normalized spacial score (nSPS) is 18.6. The molecule has 0 N–H and O–H groups in total. The Morgan fingerprint density at radius 1 is 0.914 bits per heavy atom. The van der Waals surface area contributed by atoms with Crippen molar-refractivity contribution in [3.05, 3.63) is 95.6 Å². The standard InChI is InChI=1S/C28H33N3O3S/c1-5-29(6-2)25-16-14-23(15-17-25)27-30(35(33,34)26-18-12-21(3)13-19-26)20-22(4)31(27)28(32)24-10-8-7-9-11-24/h7-19,22,27H,5-6,20H2,1-4H3/t22-,27-/m1/s1. The maximum absolute atomic E-state index is 13.8. The van der Waals surface area contributed by atoms with Gasteiger partial charge < -0.3 is 9.80 Å². The zero-order chi connectivity index (χ0) is 25.2. The SMILES string of the molecule is CCN(CC)c1ccc([C@H]2N(C(=O)c3ccccc3)[C@H](C)CN2S(=O)(=O)c2ccc(C)cc2)cc1. The summed E-state index contributed by atoms with van der Waals surface area (Å²) in [6.45, 7) is 10.0. The zero-order valence-electron chi connectivity index (χ0n) is 20.8. The van der Waals surface area contributed by atoms with Crippen molar-refractivity contribution in [3.8, 4) is 0 Å². The van der Waals surface area contributed by atoms with Crippen LogP contribution >= 0.6 is 0 Å². The number of rotatable bonds is 7. The molecule has 0 spiro atoms. The van der Waals surface area contributed by atoms with E-state index in [0.717, 1.165) is 29.9 Å². The number of sulfonamides is 1. The fraction of sp³-hybridized carbons (Fsp3) is 0.321. The lowest BCUT2D eigenvalue weighted by Crippen LogP contribution is -2.39. The van der Waals surface area contributed by atoms with Gasteiger partial charge in [0.1, 0.15) is 6.17 Å². The molecule has 3 aromatic rings. The highest BCUT2D eigenvalue weighted by molar-refractivity contribution is 7.89. The summed E-state index contributed by atoms with van der Waals surface area (Å²) in [5.41, 5.74) is 3.37. The number of benzene rings is 3. The molecular weight excluding hydrogens is 458 g/mol. The molecule has 1 amide bonds. The minimum Gasteiger partial charge on any atom is -0.372 e. The van der Waals surface area contributed by atoms with Gasteiger partial charge in [0.15, 0.2) is 0 Å². The molecule has 1 aliphatic rings. The van der Waals surface area contributed by atoms with Crippen LogP contribution in [0.1, 0.15) is 48.4 Å². The Labute approximate surface area is 208 Å². The van der Waals surface area contributed by atoms with Crippen molar-refractivity contribution in [1.29, 1.82) is 0 Å². The van der Waals surface area contributed by atoms with Crippen LogP contribution in [0.25, 0.3) is 0 Å². The van der Waals surface area contributed by atoms with Gasteiger partial charge in [-0.25, -0.2) is 8.42 Å². The van der Waals surface area contributed by atoms with Gasteiger partial charge in [-0.15, -0.1) is 0 Å². The Morgan fingerprint density at radius 3 is 2.09 bits per heavy atom. The molecule has 2 atom stereocenters. The van der Waals surface area contributed by atoms with Crippen LogP contribution in [0.4, 0.5) is 5.69 Å². The molecule has 1 fully saturated rings. The van der Waals surface area contributed by atoms with E-state index < -0.39 is 16.2 Å². The molecule has 0 aliphatic carbocycles. The molecule has 0 bridgehead atoms. The van der Waals surface area contributed by atoms with Crippen LogP contribution in [0.3, 0.4) is 0 Å². The van der Waals surface area contributed by atoms with E-state index in [1.807, 2.05) is 56.3 Å². The average molecular weight is 492 g/mol. The summed E-state index contributed by atoms with van der Waals surface area (Å²) in [6, 6.07) is 23.5. The number of aryl methyl sites for hydroxylation is 1. The maximum atomic E-state index is 13.8. The molecule has 3 aromatic carbocycles. The molecule has 6 nitrogen and oxygen atoms in total. The van der Waals surface area contributed by atoms with Gasteiger partial charge in [0.05, 0.1) is 4.90 Å². The van der Waals surface area contributed by atoms with Crippen molar-refractivity contribution in [1.82, 2.24) is 9.21 Å². The summed E-state index contributed by atoms with van der Waals surface area (Å²) < 4.78 is 29.1. The lowest BCUT2D eigenvalue weighted by Gasteiger charge is -2.32. The average Bonchev–Trinajstić information content (AvgIpc) is 3.23. The van der Waals surface area contributed by atoms with Crippen molar-refractivity contribution in [2.24, 2.45) is 0 Å². The van der Waals surface area contributed by atoms with E-state index in [9.17, 15) is 13.2 Å². The zero-order valence-corrected chi connectivity index (χ0v) is 21.6. The first-order valence-corrected chi connectivity index (χ1v) is 13.5. The van der Waals surface area contributed by atoms with Gasteiger partial charge in [-0.1, -0.05) is 48.0 Å². The molecule has 0 unspecified atom stereocenters. The molecular formula is C28H33N3O3S.